The zero-order chi connectivity index (χ0) is 14.2. The largest absolute Gasteiger partial charge is 0.339 e. The number of aromatic nitrogens is 2. The van der Waals surface area contributed by atoms with Gasteiger partial charge in [-0.15, -0.1) is 0 Å². The fourth-order valence-electron chi connectivity index (χ4n) is 2.43. The fraction of sp³-hybridized carbons (Fsp3) is 0.429. The summed E-state index contributed by atoms with van der Waals surface area (Å²) in [6, 6.07) is 5.44. The first kappa shape index (κ1) is 13.9. The first-order chi connectivity index (χ1) is 9.58. The standard InChI is InChI=1S/C14H15Cl2N3O/c1-14(5-6-17-8-14)13-18-12(19-20-13)7-9-10(15)3-2-4-11(9)16/h2-4,17H,5-8H2,1H3. The van der Waals surface area contributed by atoms with Gasteiger partial charge in [0.1, 0.15) is 0 Å². The van der Waals surface area contributed by atoms with E-state index in [1.54, 1.807) is 0 Å². The van der Waals surface area contributed by atoms with Gasteiger partial charge in [0.05, 0.1) is 5.41 Å². The van der Waals surface area contributed by atoms with Crippen LogP contribution in [0.3, 0.4) is 0 Å². The summed E-state index contributed by atoms with van der Waals surface area (Å²) in [7, 11) is 0. The van der Waals surface area contributed by atoms with E-state index in [2.05, 4.69) is 22.4 Å². The van der Waals surface area contributed by atoms with Gasteiger partial charge in [-0.25, -0.2) is 0 Å². The number of rotatable bonds is 3. The maximum absolute atomic E-state index is 6.16. The van der Waals surface area contributed by atoms with Gasteiger partial charge >= 0.3 is 0 Å². The van der Waals surface area contributed by atoms with Crippen molar-refractivity contribution in [3.05, 3.63) is 45.5 Å². The number of halogens is 2. The highest BCUT2D eigenvalue weighted by Crippen LogP contribution is 2.30. The lowest BCUT2D eigenvalue weighted by molar-refractivity contribution is 0.304. The van der Waals surface area contributed by atoms with Crippen LogP contribution in [0.25, 0.3) is 0 Å². The van der Waals surface area contributed by atoms with Gasteiger partial charge in [0.2, 0.25) is 5.89 Å². The smallest absolute Gasteiger partial charge is 0.233 e. The normalized spacial score (nSPS) is 22.4. The molecule has 1 aromatic carbocycles. The van der Waals surface area contributed by atoms with Crippen LogP contribution in [0, 0.1) is 0 Å². The van der Waals surface area contributed by atoms with Crippen molar-refractivity contribution in [2.45, 2.75) is 25.2 Å². The molecular formula is C14H15Cl2N3O. The van der Waals surface area contributed by atoms with Gasteiger partial charge in [-0.1, -0.05) is 34.4 Å². The van der Waals surface area contributed by atoms with Gasteiger partial charge in [0.25, 0.3) is 0 Å². The molecule has 106 valence electrons. The third kappa shape index (κ3) is 2.55. The van der Waals surface area contributed by atoms with Gasteiger partial charge < -0.3 is 9.84 Å². The molecular weight excluding hydrogens is 297 g/mol. The summed E-state index contributed by atoms with van der Waals surface area (Å²) in [5.74, 6) is 1.30. The molecule has 2 aromatic rings. The minimum absolute atomic E-state index is 0.0739. The summed E-state index contributed by atoms with van der Waals surface area (Å²) in [5.41, 5.74) is 0.757. The molecule has 1 aliphatic heterocycles. The number of benzene rings is 1. The average Bonchev–Trinajstić information content (AvgIpc) is 3.04. The fourth-order valence-corrected chi connectivity index (χ4v) is 2.96. The quantitative estimate of drug-likeness (QED) is 0.945. The van der Waals surface area contributed by atoms with Gasteiger partial charge in [-0.2, -0.15) is 4.98 Å². The van der Waals surface area contributed by atoms with Crippen LogP contribution in [0.5, 0.6) is 0 Å². The van der Waals surface area contributed by atoms with Crippen molar-refractivity contribution in [3.63, 3.8) is 0 Å². The molecule has 3 rings (SSSR count). The van der Waals surface area contributed by atoms with E-state index in [1.807, 2.05) is 18.2 Å². The van der Waals surface area contributed by atoms with Crippen LogP contribution in [0.4, 0.5) is 0 Å². The van der Waals surface area contributed by atoms with Crippen LogP contribution in [0.1, 0.15) is 30.6 Å². The van der Waals surface area contributed by atoms with E-state index < -0.39 is 0 Å². The van der Waals surface area contributed by atoms with Crippen molar-refractivity contribution in [3.8, 4) is 0 Å². The van der Waals surface area contributed by atoms with Gasteiger partial charge in [-0.05, 0) is 37.6 Å². The van der Waals surface area contributed by atoms with Gasteiger partial charge in [0, 0.05) is 23.0 Å². The second-order valence-corrected chi connectivity index (χ2v) is 6.19. The van der Waals surface area contributed by atoms with Crippen molar-refractivity contribution < 1.29 is 4.52 Å². The summed E-state index contributed by atoms with van der Waals surface area (Å²) in [4.78, 5) is 4.51. The van der Waals surface area contributed by atoms with Crippen LogP contribution in [-0.2, 0) is 11.8 Å². The Morgan fingerprint density at radius 2 is 2.10 bits per heavy atom. The maximum Gasteiger partial charge on any atom is 0.233 e. The molecule has 0 radical (unpaired) electrons. The topological polar surface area (TPSA) is 51.0 Å². The minimum Gasteiger partial charge on any atom is -0.339 e. The lowest BCUT2D eigenvalue weighted by atomic mass is 9.90. The SMILES string of the molecule is CC1(c2nc(Cc3c(Cl)cccc3Cl)no2)CCNC1. The molecule has 1 aliphatic rings. The minimum atomic E-state index is -0.0739. The predicted octanol–water partition coefficient (Wildman–Crippen LogP) is 3.22. The van der Waals surface area contributed by atoms with Crippen molar-refractivity contribution >= 4 is 23.2 Å². The summed E-state index contributed by atoms with van der Waals surface area (Å²) >= 11 is 12.3. The number of nitrogens with one attached hydrogen (secondary N) is 1. The third-order valence-electron chi connectivity index (χ3n) is 3.75. The zero-order valence-electron chi connectivity index (χ0n) is 11.1. The highest BCUT2D eigenvalue weighted by Gasteiger charge is 2.36. The highest BCUT2D eigenvalue weighted by molar-refractivity contribution is 6.36. The Balaban J connectivity index is 1.84. The molecule has 0 spiro atoms. The second kappa shape index (κ2) is 5.35. The Bertz CT molecular complexity index is 600. The second-order valence-electron chi connectivity index (χ2n) is 5.38. The van der Waals surface area contributed by atoms with Crippen LogP contribution in [0.2, 0.25) is 10.0 Å². The van der Waals surface area contributed by atoms with Gasteiger partial charge in [0.15, 0.2) is 5.82 Å². The highest BCUT2D eigenvalue weighted by atomic mass is 35.5. The van der Waals surface area contributed by atoms with Crippen LogP contribution >= 0.6 is 23.2 Å². The van der Waals surface area contributed by atoms with E-state index in [1.165, 1.54) is 0 Å². The first-order valence-electron chi connectivity index (χ1n) is 6.55. The lowest BCUT2D eigenvalue weighted by Gasteiger charge is -2.15. The third-order valence-corrected chi connectivity index (χ3v) is 4.46. The molecule has 1 N–H and O–H groups in total. The van der Waals surface area contributed by atoms with Crippen molar-refractivity contribution in [1.82, 2.24) is 15.5 Å². The molecule has 0 amide bonds. The average molecular weight is 312 g/mol. The summed E-state index contributed by atoms with van der Waals surface area (Å²) in [6.07, 6.45) is 1.48. The van der Waals surface area contributed by atoms with E-state index in [9.17, 15) is 0 Å². The molecule has 6 heteroatoms. The number of hydrogen-bond donors (Lipinski definition) is 1. The van der Waals surface area contributed by atoms with E-state index in [0.717, 1.165) is 25.1 Å². The van der Waals surface area contributed by atoms with E-state index in [0.29, 0.717) is 28.2 Å². The monoisotopic (exact) mass is 311 g/mol. The lowest BCUT2D eigenvalue weighted by Crippen LogP contribution is -2.25. The molecule has 20 heavy (non-hydrogen) atoms. The van der Waals surface area contributed by atoms with E-state index in [-0.39, 0.29) is 5.41 Å². The van der Waals surface area contributed by atoms with Crippen LogP contribution < -0.4 is 5.32 Å². The zero-order valence-corrected chi connectivity index (χ0v) is 12.6. The Kier molecular flexibility index (Phi) is 3.71. The Hall–Kier alpha value is -1.10. The maximum atomic E-state index is 6.16. The molecule has 4 nitrogen and oxygen atoms in total. The number of hydrogen-bond acceptors (Lipinski definition) is 4. The molecule has 1 fully saturated rings. The molecule has 0 saturated carbocycles. The van der Waals surface area contributed by atoms with E-state index >= 15 is 0 Å². The summed E-state index contributed by atoms with van der Waals surface area (Å²) in [6.45, 7) is 3.97. The van der Waals surface area contributed by atoms with Crippen molar-refractivity contribution in [1.29, 1.82) is 0 Å². The summed E-state index contributed by atoms with van der Waals surface area (Å²) < 4.78 is 5.42. The predicted molar refractivity (Wildman–Crippen MR) is 78.4 cm³/mol. The molecule has 0 bridgehead atoms. The van der Waals surface area contributed by atoms with Gasteiger partial charge in [-0.3, -0.25) is 0 Å². The molecule has 2 heterocycles. The Morgan fingerprint density at radius 3 is 2.75 bits per heavy atom. The summed E-state index contributed by atoms with van der Waals surface area (Å²) in [5, 5.41) is 8.62. The molecule has 1 atom stereocenters. The first-order valence-corrected chi connectivity index (χ1v) is 7.31. The molecule has 1 aromatic heterocycles. The molecule has 1 saturated heterocycles. The molecule has 1 unspecified atom stereocenters. The van der Waals surface area contributed by atoms with Crippen LogP contribution in [-0.4, -0.2) is 23.2 Å². The number of nitrogens with zero attached hydrogens (tertiary/aromatic N) is 2. The Morgan fingerprint density at radius 1 is 1.35 bits per heavy atom. The molecule has 0 aliphatic carbocycles. The van der Waals surface area contributed by atoms with Crippen molar-refractivity contribution in [2.24, 2.45) is 0 Å². The van der Waals surface area contributed by atoms with E-state index in [4.69, 9.17) is 27.7 Å². The Labute approximate surface area is 127 Å². The van der Waals surface area contributed by atoms with Crippen molar-refractivity contribution in [2.75, 3.05) is 13.1 Å². The van der Waals surface area contributed by atoms with Crippen LogP contribution in [0.15, 0.2) is 22.7 Å².